The van der Waals surface area contributed by atoms with Crippen LogP contribution in [-0.4, -0.2) is 54.3 Å². The Kier molecular flexibility index (Phi) is 4.69. The zero-order valence-corrected chi connectivity index (χ0v) is 15.7. The van der Waals surface area contributed by atoms with Gasteiger partial charge in [0.1, 0.15) is 5.69 Å². The third kappa shape index (κ3) is 3.34. The fourth-order valence-corrected chi connectivity index (χ4v) is 3.79. The van der Waals surface area contributed by atoms with E-state index in [-0.39, 0.29) is 6.04 Å². The van der Waals surface area contributed by atoms with Crippen LogP contribution in [0.3, 0.4) is 0 Å². The normalized spacial score (nSPS) is 16.6. The number of nitrogens with one attached hydrogen (secondary N) is 1. The molecule has 1 unspecified atom stereocenters. The van der Waals surface area contributed by atoms with E-state index in [2.05, 4.69) is 36.7 Å². The van der Waals surface area contributed by atoms with E-state index in [4.69, 9.17) is 0 Å². The first-order valence-corrected chi connectivity index (χ1v) is 9.21. The van der Waals surface area contributed by atoms with Crippen molar-refractivity contribution in [1.29, 1.82) is 0 Å². The minimum atomic E-state index is 0.267. The quantitative estimate of drug-likeness (QED) is 0.720. The Bertz CT molecular complexity index is 890. The van der Waals surface area contributed by atoms with E-state index in [1.807, 2.05) is 38.1 Å². The maximum Gasteiger partial charge on any atom is 0.157 e. The van der Waals surface area contributed by atoms with Crippen molar-refractivity contribution >= 4 is 11.0 Å². The van der Waals surface area contributed by atoms with Crippen LogP contribution in [0.25, 0.3) is 11.0 Å². The summed E-state index contributed by atoms with van der Waals surface area (Å²) in [5.41, 5.74) is 4.17. The minimum Gasteiger partial charge on any atom is -0.311 e. The van der Waals surface area contributed by atoms with E-state index < -0.39 is 0 Å². The Hall–Kier alpha value is -2.32. The third-order valence-corrected chi connectivity index (χ3v) is 5.13. The fraction of sp³-hybridized carbons (Fsp3) is 0.556. The molecule has 1 saturated heterocycles. The number of rotatable bonds is 6. The van der Waals surface area contributed by atoms with Gasteiger partial charge in [-0.3, -0.25) is 14.3 Å². The Balaban J connectivity index is 1.45. The van der Waals surface area contributed by atoms with E-state index in [9.17, 15) is 0 Å². The number of fused-ring (bicyclic) bond motifs is 1. The van der Waals surface area contributed by atoms with Gasteiger partial charge in [-0.25, -0.2) is 4.98 Å². The summed E-state index contributed by atoms with van der Waals surface area (Å²) in [6.07, 6.45) is 6.48. The van der Waals surface area contributed by atoms with Gasteiger partial charge < -0.3 is 5.32 Å². The molecule has 1 fully saturated rings. The average molecular weight is 354 g/mol. The molecule has 0 spiro atoms. The summed E-state index contributed by atoms with van der Waals surface area (Å²) in [7, 11) is 3.85. The highest BCUT2D eigenvalue weighted by molar-refractivity contribution is 5.78. The van der Waals surface area contributed by atoms with Crippen molar-refractivity contribution in [3.63, 3.8) is 0 Å². The van der Waals surface area contributed by atoms with Crippen molar-refractivity contribution in [2.24, 2.45) is 14.1 Å². The van der Waals surface area contributed by atoms with E-state index >= 15 is 0 Å². The maximum absolute atomic E-state index is 4.56. The lowest BCUT2D eigenvalue weighted by Crippen LogP contribution is -2.34. The van der Waals surface area contributed by atoms with Gasteiger partial charge in [0.15, 0.2) is 5.65 Å². The zero-order chi connectivity index (χ0) is 18.1. The molecule has 1 aliphatic heterocycles. The molecule has 1 aliphatic rings. The number of pyridine rings is 1. The van der Waals surface area contributed by atoms with Crippen molar-refractivity contribution in [1.82, 2.24) is 40.0 Å². The largest absolute Gasteiger partial charge is 0.311 e. The summed E-state index contributed by atoms with van der Waals surface area (Å²) in [5, 5.41) is 17.6. The van der Waals surface area contributed by atoms with Crippen LogP contribution in [0.15, 0.2) is 18.5 Å². The lowest BCUT2D eigenvalue weighted by molar-refractivity contribution is 0.233. The summed E-state index contributed by atoms with van der Waals surface area (Å²) in [6, 6.07) is 2.45. The van der Waals surface area contributed by atoms with Crippen molar-refractivity contribution in [3.05, 3.63) is 35.4 Å². The molecule has 3 aromatic rings. The average Bonchev–Trinajstić information content (AvgIpc) is 3.35. The molecule has 0 aliphatic carbocycles. The Morgan fingerprint density at radius 1 is 1.23 bits per heavy atom. The molecule has 0 aromatic carbocycles. The molecule has 8 heteroatoms. The van der Waals surface area contributed by atoms with Gasteiger partial charge >= 0.3 is 0 Å². The number of aryl methyl sites for hydroxylation is 3. The van der Waals surface area contributed by atoms with Gasteiger partial charge in [-0.1, -0.05) is 5.21 Å². The van der Waals surface area contributed by atoms with Gasteiger partial charge in [-0.05, 0) is 44.5 Å². The highest BCUT2D eigenvalue weighted by atomic mass is 15.4. The lowest BCUT2D eigenvalue weighted by Gasteiger charge is -2.26. The predicted molar refractivity (Wildman–Crippen MR) is 99.5 cm³/mol. The highest BCUT2D eigenvalue weighted by Crippen LogP contribution is 2.23. The predicted octanol–water partition coefficient (Wildman–Crippen LogP) is 1.33. The Morgan fingerprint density at radius 3 is 2.77 bits per heavy atom. The number of nitrogens with zero attached hydrogens (tertiary/aromatic N) is 7. The van der Waals surface area contributed by atoms with Crippen LogP contribution in [0.4, 0.5) is 0 Å². The lowest BCUT2D eigenvalue weighted by atomic mass is 10.1. The number of hydrogen-bond acceptors (Lipinski definition) is 6. The monoisotopic (exact) mass is 354 g/mol. The molecule has 0 amide bonds. The molecule has 0 radical (unpaired) electrons. The van der Waals surface area contributed by atoms with Crippen LogP contribution < -0.4 is 5.32 Å². The first-order valence-electron chi connectivity index (χ1n) is 9.21. The standard InChI is InChI=1S/C18H26N8/c1-13-15-8-14(10-20-18(15)25(3)22-13)9-19-11-17(26-6-4-5-7-26)16-12-24(2)23-21-16/h8,10,12,17,19H,4-7,9,11H2,1-3H3. The van der Waals surface area contributed by atoms with Crippen molar-refractivity contribution < 1.29 is 0 Å². The smallest absolute Gasteiger partial charge is 0.157 e. The first kappa shape index (κ1) is 17.1. The minimum absolute atomic E-state index is 0.267. The molecule has 0 bridgehead atoms. The van der Waals surface area contributed by atoms with Crippen molar-refractivity contribution in [2.75, 3.05) is 19.6 Å². The molecular weight excluding hydrogens is 328 g/mol. The van der Waals surface area contributed by atoms with Crippen LogP contribution in [0.1, 0.15) is 35.8 Å². The second-order valence-corrected chi connectivity index (χ2v) is 7.13. The Labute approximate surface area is 153 Å². The van der Waals surface area contributed by atoms with Gasteiger partial charge in [0.25, 0.3) is 0 Å². The molecule has 1 N–H and O–H groups in total. The SMILES string of the molecule is Cc1nn(C)c2ncc(CNCC(c3cn(C)nn3)N3CCCC3)cc12. The van der Waals surface area contributed by atoms with Gasteiger partial charge in [0, 0.05) is 45.0 Å². The van der Waals surface area contributed by atoms with Crippen LogP contribution in [0.5, 0.6) is 0 Å². The molecule has 26 heavy (non-hydrogen) atoms. The molecule has 4 rings (SSSR count). The number of likely N-dealkylation sites (tertiary alicyclic amines) is 1. The van der Waals surface area contributed by atoms with Crippen molar-refractivity contribution in [2.45, 2.75) is 32.4 Å². The van der Waals surface area contributed by atoms with E-state index in [1.54, 1.807) is 4.68 Å². The van der Waals surface area contributed by atoms with Crippen LogP contribution >= 0.6 is 0 Å². The molecule has 4 heterocycles. The second-order valence-electron chi connectivity index (χ2n) is 7.13. The molecule has 3 aromatic heterocycles. The fourth-order valence-electron chi connectivity index (χ4n) is 3.79. The third-order valence-electron chi connectivity index (χ3n) is 5.13. The highest BCUT2D eigenvalue weighted by Gasteiger charge is 2.25. The van der Waals surface area contributed by atoms with E-state index in [0.717, 1.165) is 48.6 Å². The zero-order valence-electron chi connectivity index (χ0n) is 15.7. The summed E-state index contributed by atoms with van der Waals surface area (Å²) >= 11 is 0. The van der Waals surface area contributed by atoms with E-state index in [0.29, 0.717) is 0 Å². The summed E-state index contributed by atoms with van der Waals surface area (Å²) in [6.45, 7) is 5.92. The molecule has 0 saturated carbocycles. The van der Waals surface area contributed by atoms with Crippen LogP contribution in [0, 0.1) is 6.92 Å². The summed E-state index contributed by atoms with van der Waals surface area (Å²) in [4.78, 5) is 7.07. The number of hydrogen-bond donors (Lipinski definition) is 1. The van der Waals surface area contributed by atoms with Gasteiger partial charge in [-0.2, -0.15) is 5.10 Å². The molecular formula is C18H26N8. The van der Waals surface area contributed by atoms with Gasteiger partial charge in [0.2, 0.25) is 0 Å². The molecule has 138 valence electrons. The van der Waals surface area contributed by atoms with Gasteiger partial charge in [-0.15, -0.1) is 5.10 Å². The first-order chi connectivity index (χ1) is 12.6. The summed E-state index contributed by atoms with van der Waals surface area (Å²) < 4.78 is 3.61. The van der Waals surface area contributed by atoms with Crippen LogP contribution in [0.2, 0.25) is 0 Å². The second kappa shape index (κ2) is 7.13. The molecule has 8 nitrogen and oxygen atoms in total. The van der Waals surface area contributed by atoms with Crippen LogP contribution in [-0.2, 0) is 20.6 Å². The summed E-state index contributed by atoms with van der Waals surface area (Å²) in [5.74, 6) is 0. The molecule has 1 atom stereocenters. The Morgan fingerprint density at radius 2 is 2.04 bits per heavy atom. The van der Waals surface area contributed by atoms with E-state index in [1.165, 1.54) is 18.4 Å². The van der Waals surface area contributed by atoms with Gasteiger partial charge in [0.05, 0.1) is 11.7 Å². The maximum atomic E-state index is 4.56. The topological polar surface area (TPSA) is 76.7 Å². The number of aromatic nitrogens is 6. The van der Waals surface area contributed by atoms with Crippen molar-refractivity contribution in [3.8, 4) is 0 Å².